The standard InChI is InChI=1S/C13H13BrFNO4/c1-3-13(2)11(17)6-12(13)20-10-5-8(15)7(14)4-9(10)16(18)19/h4-5,12H,3,6H2,1-2H3. The summed E-state index contributed by atoms with van der Waals surface area (Å²) in [5, 5.41) is 11.0. The van der Waals surface area contributed by atoms with E-state index in [2.05, 4.69) is 15.9 Å². The van der Waals surface area contributed by atoms with Gasteiger partial charge in [0.05, 0.1) is 14.8 Å². The Balaban J connectivity index is 2.33. The summed E-state index contributed by atoms with van der Waals surface area (Å²) < 4.78 is 19.1. The molecule has 2 rings (SSSR count). The highest BCUT2D eigenvalue weighted by Gasteiger charge is 2.52. The maximum atomic E-state index is 13.5. The van der Waals surface area contributed by atoms with Gasteiger partial charge in [-0.1, -0.05) is 6.92 Å². The lowest BCUT2D eigenvalue weighted by atomic mass is 9.64. The summed E-state index contributed by atoms with van der Waals surface area (Å²) in [7, 11) is 0. The van der Waals surface area contributed by atoms with Gasteiger partial charge in [0.1, 0.15) is 17.7 Å². The van der Waals surface area contributed by atoms with Crippen LogP contribution in [0.4, 0.5) is 10.1 Å². The third-order valence-corrected chi connectivity index (χ3v) is 4.53. The van der Waals surface area contributed by atoms with Gasteiger partial charge in [0.2, 0.25) is 0 Å². The molecule has 1 aromatic carbocycles. The van der Waals surface area contributed by atoms with E-state index in [9.17, 15) is 19.3 Å². The molecule has 1 aliphatic rings. The van der Waals surface area contributed by atoms with Crippen LogP contribution in [-0.4, -0.2) is 16.8 Å². The van der Waals surface area contributed by atoms with Gasteiger partial charge in [-0.25, -0.2) is 4.39 Å². The number of nitro benzene ring substituents is 1. The Labute approximate surface area is 123 Å². The number of hydrogen-bond acceptors (Lipinski definition) is 4. The van der Waals surface area contributed by atoms with Crippen LogP contribution in [0.3, 0.4) is 0 Å². The summed E-state index contributed by atoms with van der Waals surface area (Å²) in [6.07, 6.45) is 0.307. The fourth-order valence-corrected chi connectivity index (χ4v) is 2.51. The van der Waals surface area contributed by atoms with E-state index in [1.807, 2.05) is 6.92 Å². The third-order valence-electron chi connectivity index (χ3n) is 3.92. The number of carbonyl (C=O) groups excluding carboxylic acids is 1. The fourth-order valence-electron chi connectivity index (χ4n) is 2.18. The first-order chi connectivity index (χ1) is 9.29. The van der Waals surface area contributed by atoms with Crippen molar-refractivity contribution < 1.29 is 18.8 Å². The molecule has 2 atom stereocenters. The molecule has 1 saturated carbocycles. The van der Waals surface area contributed by atoms with Crippen LogP contribution in [0.5, 0.6) is 5.75 Å². The fraction of sp³-hybridized carbons (Fsp3) is 0.462. The van der Waals surface area contributed by atoms with E-state index in [4.69, 9.17) is 4.74 Å². The molecule has 1 fully saturated rings. The van der Waals surface area contributed by atoms with Crippen molar-refractivity contribution >= 4 is 27.4 Å². The van der Waals surface area contributed by atoms with Crippen molar-refractivity contribution in [2.75, 3.05) is 0 Å². The lowest BCUT2D eigenvalue weighted by Crippen LogP contribution is -2.54. The topological polar surface area (TPSA) is 69.4 Å². The minimum absolute atomic E-state index is 0.000473. The molecule has 7 heteroatoms. The molecule has 0 saturated heterocycles. The number of benzene rings is 1. The molecule has 1 aromatic rings. The van der Waals surface area contributed by atoms with Gasteiger partial charge in [-0.15, -0.1) is 0 Å². The van der Waals surface area contributed by atoms with Crippen molar-refractivity contribution in [1.82, 2.24) is 0 Å². The Morgan fingerprint density at radius 1 is 1.60 bits per heavy atom. The molecule has 0 aromatic heterocycles. The maximum Gasteiger partial charge on any atom is 0.312 e. The molecular weight excluding hydrogens is 333 g/mol. The van der Waals surface area contributed by atoms with E-state index in [0.717, 1.165) is 12.1 Å². The number of ketones is 1. The zero-order valence-electron chi connectivity index (χ0n) is 11.0. The highest BCUT2D eigenvalue weighted by Crippen LogP contribution is 2.44. The maximum absolute atomic E-state index is 13.5. The van der Waals surface area contributed by atoms with Crippen LogP contribution in [0, 0.1) is 21.3 Å². The van der Waals surface area contributed by atoms with E-state index in [1.165, 1.54) is 0 Å². The monoisotopic (exact) mass is 345 g/mol. The molecule has 20 heavy (non-hydrogen) atoms. The smallest absolute Gasteiger partial charge is 0.312 e. The average Bonchev–Trinajstić information content (AvgIpc) is 2.40. The second-order valence-corrected chi connectivity index (χ2v) is 5.85. The normalized spacial score (nSPS) is 25.2. The number of rotatable bonds is 4. The highest BCUT2D eigenvalue weighted by molar-refractivity contribution is 9.10. The largest absolute Gasteiger partial charge is 0.482 e. The average molecular weight is 346 g/mol. The number of carbonyl (C=O) groups is 1. The zero-order valence-corrected chi connectivity index (χ0v) is 12.6. The number of nitro groups is 1. The summed E-state index contributed by atoms with van der Waals surface area (Å²) >= 11 is 2.90. The summed E-state index contributed by atoms with van der Waals surface area (Å²) in [5.41, 5.74) is -0.978. The first kappa shape index (κ1) is 14.9. The third kappa shape index (κ3) is 2.30. The Kier molecular flexibility index (Phi) is 3.82. The molecule has 0 aliphatic heterocycles. The van der Waals surface area contributed by atoms with Crippen LogP contribution >= 0.6 is 15.9 Å². The minimum Gasteiger partial charge on any atom is -0.482 e. The molecule has 0 bridgehead atoms. The molecule has 0 amide bonds. The van der Waals surface area contributed by atoms with E-state index in [-0.39, 0.29) is 28.1 Å². The Morgan fingerprint density at radius 2 is 2.25 bits per heavy atom. The molecular formula is C13H13BrFNO4. The predicted molar refractivity (Wildman–Crippen MR) is 73.2 cm³/mol. The van der Waals surface area contributed by atoms with Crippen molar-refractivity contribution in [3.63, 3.8) is 0 Å². The van der Waals surface area contributed by atoms with Crippen molar-refractivity contribution in [1.29, 1.82) is 0 Å². The van der Waals surface area contributed by atoms with Crippen LogP contribution in [0.1, 0.15) is 26.7 Å². The lowest BCUT2D eigenvalue weighted by molar-refractivity contribution is -0.386. The van der Waals surface area contributed by atoms with Crippen LogP contribution in [0.2, 0.25) is 0 Å². The van der Waals surface area contributed by atoms with Crippen LogP contribution in [0.25, 0.3) is 0 Å². The van der Waals surface area contributed by atoms with E-state index >= 15 is 0 Å². The van der Waals surface area contributed by atoms with E-state index in [0.29, 0.717) is 6.42 Å². The molecule has 5 nitrogen and oxygen atoms in total. The SMILES string of the molecule is CCC1(C)C(=O)CC1Oc1cc(F)c(Br)cc1[N+](=O)[O-]. The van der Waals surface area contributed by atoms with Gasteiger partial charge < -0.3 is 4.74 Å². The van der Waals surface area contributed by atoms with Gasteiger partial charge in [-0.05, 0) is 29.3 Å². The van der Waals surface area contributed by atoms with Crippen LogP contribution < -0.4 is 4.74 Å². The molecule has 0 N–H and O–H groups in total. The molecule has 1 aliphatic carbocycles. The number of Topliss-reactive ketones (excluding diaryl/α,β-unsaturated/α-hetero) is 1. The molecule has 0 radical (unpaired) electrons. The molecule has 108 valence electrons. The van der Waals surface area contributed by atoms with Crippen molar-refractivity contribution in [3.8, 4) is 5.75 Å². The van der Waals surface area contributed by atoms with Gasteiger partial charge in [-0.3, -0.25) is 14.9 Å². The molecule has 2 unspecified atom stereocenters. The van der Waals surface area contributed by atoms with Gasteiger partial charge >= 0.3 is 5.69 Å². The number of nitrogens with zero attached hydrogens (tertiary/aromatic N) is 1. The lowest BCUT2D eigenvalue weighted by Gasteiger charge is -2.44. The van der Waals surface area contributed by atoms with Crippen molar-refractivity contribution in [3.05, 3.63) is 32.5 Å². The summed E-state index contributed by atoms with van der Waals surface area (Å²) in [6, 6.07) is 2.04. The summed E-state index contributed by atoms with van der Waals surface area (Å²) in [4.78, 5) is 22.0. The first-order valence-corrected chi connectivity index (χ1v) is 6.92. The van der Waals surface area contributed by atoms with Crippen molar-refractivity contribution in [2.45, 2.75) is 32.8 Å². The van der Waals surface area contributed by atoms with Crippen molar-refractivity contribution in [2.24, 2.45) is 5.41 Å². The van der Waals surface area contributed by atoms with Crippen LogP contribution in [-0.2, 0) is 4.79 Å². The highest BCUT2D eigenvalue weighted by atomic mass is 79.9. The quantitative estimate of drug-likeness (QED) is 0.617. The molecule has 0 spiro atoms. The second-order valence-electron chi connectivity index (χ2n) is 5.00. The Morgan fingerprint density at radius 3 is 2.75 bits per heavy atom. The zero-order chi connectivity index (χ0) is 15.1. The van der Waals surface area contributed by atoms with Crippen LogP contribution in [0.15, 0.2) is 16.6 Å². The predicted octanol–water partition coefficient (Wildman–Crippen LogP) is 3.63. The Hall–Kier alpha value is -1.50. The van der Waals surface area contributed by atoms with E-state index in [1.54, 1.807) is 6.92 Å². The number of ether oxygens (including phenoxy) is 1. The van der Waals surface area contributed by atoms with Gasteiger partial charge in [-0.2, -0.15) is 0 Å². The first-order valence-electron chi connectivity index (χ1n) is 6.13. The van der Waals surface area contributed by atoms with Gasteiger partial charge in [0.25, 0.3) is 0 Å². The van der Waals surface area contributed by atoms with E-state index < -0.39 is 22.3 Å². The number of hydrogen-bond donors (Lipinski definition) is 0. The summed E-state index contributed by atoms with van der Waals surface area (Å²) in [6.45, 7) is 3.61. The Bertz CT molecular complexity index is 592. The molecule has 0 heterocycles. The number of halogens is 2. The summed E-state index contributed by atoms with van der Waals surface area (Å²) in [5.74, 6) is -0.729. The van der Waals surface area contributed by atoms with Gasteiger partial charge in [0.15, 0.2) is 5.75 Å². The minimum atomic E-state index is -0.655. The van der Waals surface area contributed by atoms with Gasteiger partial charge in [0, 0.05) is 18.6 Å². The second kappa shape index (κ2) is 5.12.